The first-order valence-corrected chi connectivity index (χ1v) is 9.52. The van der Waals surface area contributed by atoms with Crippen molar-refractivity contribution in [1.29, 1.82) is 0 Å². The van der Waals surface area contributed by atoms with E-state index in [-0.39, 0.29) is 23.9 Å². The lowest BCUT2D eigenvalue weighted by atomic mass is 9.49. The average Bonchev–Trinajstić information content (AvgIpc) is 2.57. The summed E-state index contributed by atoms with van der Waals surface area (Å²) in [4.78, 5) is 27.1. The fourth-order valence-corrected chi connectivity index (χ4v) is 5.83. The maximum absolute atomic E-state index is 12.3. The molecule has 0 spiro atoms. The van der Waals surface area contributed by atoms with Crippen molar-refractivity contribution in [3.8, 4) is 0 Å². The highest BCUT2D eigenvalue weighted by Crippen LogP contribution is 2.61. The van der Waals surface area contributed by atoms with Crippen LogP contribution < -0.4 is 10.3 Å². The Balaban J connectivity index is 1.20. The molecule has 2 N–H and O–H groups in total. The molecule has 4 saturated carbocycles. The van der Waals surface area contributed by atoms with Crippen LogP contribution in [0.4, 0.5) is 0 Å². The van der Waals surface area contributed by atoms with Gasteiger partial charge in [0.2, 0.25) is 0 Å². The largest absolute Gasteiger partial charge is 0.464 e. The fourth-order valence-electron chi connectivity index (χ4n) is 5.83. The van der Waals surface area contributed by atoms with Crippen molar-refractivity contribution in [3.05, 3.63) is 30.1 Å². The number of carbonyl (C=O) groups excluding carboxylic acids is 2. The first kappa shape index (κ1) is 16.6. The number of esters is 1. The van der Waals surface area contributed by atoms with E-state index in [1.54, 1.807) is 24.5 Å². The molecular formula is C20H27N2O3+. The zero-order valence-corrected chi connectivity index (χ0v) is 14.6. The lowest BCUT2D eigenvalue weighted by Gasteiger charge is -2.56. The molecule has 0 saturated heterocycles. The van der Waals surface area contributed by atoms with Gasteiger partial charge in [-0.05, 0) is 67.8 Å². The maximum atomic E-state index is 12.3. The van der Waals surface area contributed by atoms with Crippen LogP contribution in [0.5, 0.6) is 0 Å². The van der Waals surface area contributed by atoms with Crippen LogP contribution in [0, 0.1) is 23.2 Å². The molecule has 4 bridgehead atoms. The van der Waals surface area contributed by atoms with Gasteiger partial charge in [-0.15, -0.1) is 0 Å². The van der Waals surface area contributed by atoms with Gasteiger partial charge >= 0.3 is 5.97 Å². The molecular weight excluding hydrogens is 316 g/mol. The Labute approximate surface area is 148 Å². The van der Waals surface area contributed by atoms with Crippen LogP contribution in [0.2, 0.25) is 0 Å². The third-order valence-electron chi connectivity index (χ3n) is 6.30. The zero-order chi connectivity index (χ0) is 17.3. The number of hydrogen-bond acceptors (Lipinski definition) is 3. The molecule has 5 rings (SSSR count). The fraction of sp³-hybridized carbons (Fsp3) is 0.650. The Morgan fingerprint density at radius 3 is 2.44 bits per heavy atom. The predicted molar refractivity (Wildman–Crippen MR) is 91.5 cm³/mol. The van der Waals surface area contributed by atoms with Gasteiger partial charge in [-0.1, -0.05) is 0 Å². The van der Waals surface area contributed by atoms with Gasteiger partial charge in [0.25, 0.3) is 5.91 Å². The third kappa shape index (κ3) is 3.70. The molecule has 0 aromatic carbocycles. The quantitative estimate of drug-likeness (QED) is 0.637. The number of nitrogens with one attached hydrogen (secondary N) is 2. The summed E-state index contributed by atoms with van der Waals surface area (Å²) in [5.41, 5.74) is 0.789. The topological polar surface area (TPSA) is 69.5 Å². The maximum Gasteiger partial charge on any atom is 0.306 e. The SMILES string of the molecule is O=C(CC12CC3CC(CC(C3)C1)C2)OCCNC(=O)c1ccc[nH+]c1. The zero-order valence-electron chi connectivity index (χ0n) is 14.6. The molecule has 4 aliphatic carbocycles. The molecule has 1 heterocycles. The molecule has 4 fully saturated rings. The highest BCUT2D eigenvalue weighted by molar-refractivity contribution is 5.93. The Morgan fingerprint density at radius 1 is 1.16 bits per heavy atom. The summed E-state index contributed by atoms with van der Waals surface area (Å²) in [5, 5.41) is 2.78. The van der Waals surface area contributed by atoms with Crippen molar-refractivity contribution >= 4 is 11.9 Å². The van der Waals surface area contributed by atoms with E-state index in [1.165, 1.54) is 38.5 Å². The first-order chi connectivity index (χ1) is 12.1. The number of carbonyl (C=O) groups is 2. The Kier molecular flexibility index (Phi) is 4.48. The minimum atomic E-state index is -0.158. The van der Waals surface area contributed by atoms with Crippen molar-refractivity contribution in [3.63, 3.8) is 0 Å². The minimum absolute atomic E-state index is 0.0933. The number of ether oxygens (including phenoxy) is 1. The summed E-state index contributed by atoms with van der Waals surface area (Å²) in [5.74, 6) is 2.29. The van der Waals surface area contributed by atoms with E-state index >= 15 is 0 Å². The summed E-state index contributed by atoms with van der Waals surface area (Å²) in [6, 6.07) is 3.52. The molecule has 0 radical (unpaired) electrons. The van der Waals surface area contributed by atoms with Crippen LogP contribution >= 0.6 is 0 Å². The lowest BCUT2D eigenvalue weighted by molar-refractivity contribution is -0.378. The van der Waals surface area contributed by atoms with Gasteiger partial charge in [0.05, 0.1) is 13.0 Å². The Bertz CT molecular complexity index is 608. The highest BCUT2D eigenvalue weighted by Gasteiger charge is 2.51. The molecule has 0 unspecified atom stereocenters. The van der Waals surface area contributed by atoms with Crippen LogP contribution in [-0.4, -0.2) is 25.0 Å². The van der Waals surface area contributed by atoms with Gasteiger partial charge in [0.1, 0.15) is 12.2 Å². The van der Waals surface area contributed by atoms with E-state index in [4.69, 9.17) is 4.74 Å². The second kappa shape index (κ2) is 6.77. The van der Waals surface area contributed by atoms with E-state index in [9.17, 15) is 9.59 Å². The molecule has 1 aromatic heterocycles. The van der Waals surface area contributed by atoms with E-state index in [0.29, 0.717) is 18.5 Å². The highest BCUT2D eigenvalue weighted by atomic mass is 16.5. The normalized spacial score (nSPS) is 32.4. The van der Waals surface area contributed by atoms with Gasteiger partial charge in [0, 0.05) is 6.07 Å². The second-order valence-electron chi connectivity index (χ2n) is 8.36. The van der Waals surface area contributed by atoms with Gasteiger partial charge < -0.3 is 10.1 Å². The Morgan fingerprint density at radius 2 is 1.84 bits per heavy atom. The van der Waals surface area contributed by atoms with Crippen molar-refractivity contribution in [2.24, 2.45) is 23.2 Å². The van der Waals surface area contributed by atoms with Crippen molar-refractivity contribution in [2.75, 3.05) is 13.2 Å². The van der Waals surface area contributed by atoms with Crippen LogP contribution in [0.15, 0.2) is 24.5 Å². The molecule has 0 atom stereocenters. The lowest BCUT2D eigenvalue weighted by Crippen LogP contribution is -2.47. The van der Waals surface area contributed by atoms with E-state index in [0.717, 1.165) is 17.8 Å². The number of H-pyrrole nitrogens is 1. The average molecular weight is 343 g/mol. The third-order valence-corrected chi connectivity index (χ3v) is 6.30. The number of pyridine rings is 1. The van der Waals surface area contributed by atoms with Gasteiger partial charge in [-0.2, -0.15) is 0 Å². The van der Waals surface area contributed by atoms with E-state index in [1.807, 2.05) is 0 Å². The van der Waals surface area contributed by atoms with Gasteiger partial charge in [-0.3, -0.25) is 9.59 Å². The van der Waals surface area contributed by atoms with Crippen LogP contribution in [0.25, 0.3) is 0 Å². The smallest absolute Gasteiger partial charge is 0.306 e. The minimum Gasteiger partial charge on any atom is -0.464 e. The molecule has 4 aliphatic rings. The molecule has 5 nitrogen and oxygen atoms in total. The van der Waals surface area contributed by atoms with Crippen LogP contribution in [0.1, 0.15) is 55.3 Å². The molecule has 134 valence electrons. The number of amides is 1. The first-order valence-electron chi connectivity index (χ1n) is 9.52. The predicted octanol–water partition coefficient (Wildman–Crippen LogP) is 2.38. The van der Waals surface area contributed by atoms with Crippen molar-refractivity contribution in [1.82, 2.24) is 5.32 Å². The summed E-state index contributed by atoms with van der Waals surface area (Å²) >= 11 is 0. The van der Waals surface area contributed by atoms with E-state index in [2.05, 4.69) is 10.3 Å². The van der Waals surface area contributed by atoms with Crippen molar-refractivity contribution in [2.45, 2.75) is 44.9 Å². The number of aromatic amines is 1. The van der Waals surface area contributed by atoms with Gasteiger partial charge in [-0.25, -0.2) is 4.98 Å². The molecule has 25 heavy (non-hydrogen) atoms. The standard InChI is InChI=1S/C20H26N2O3/c23-18(25-5-4-22-19(24)17-2-1-3-21-13-17)12-20-9-14-6-15(10-20)8-16(7-14)11-20/h1-3,13-16H,4-12H2,(H,22,24)/p+1. The molecule has 5 heteroatoms. The summed E-state index contributed by atoms with van der Waals surface area (Å²) in [6.45, 7) is 0.591. The molecule has 1 amide bonds. The van der Waals surface area contributed by atoms with E-state index < -0.39 is 0 Å². The summed E-state index contributed by atoms with van der Waals surface area (Å²) in [7, 11) is 0. The number of aromatic nitrogens is 1. The summed E-state index contributed by atoms with van der Waals surface area (Å²) in [6.07, 6.45) is 11.8. The number of hydrogen-bond donors (Lipinski definition) is 1. The molecule has 1 aromatic rings. The second-order valence-corrected chi connectivity index (χ2v) is 8.36. The number of rotatable bonds is 6. The summed E-state index contributed by atoms with van der Waals surface area (Å²) < 4.78 is 5.41. The van der Waals surface area contributed by atoms with Crippen LogP contribution in [-0.2, 0) is 9.53 Å². The van der Waals surface area contributed by atoms with Crippen molar-refractivity contribution < 1.29 is 19.3 Å². The monoisotopic (exact) mass is 343 g/mol. The van der Waals surface area contributed by atoms with Crippen LogP contribution in [0.3, 0.4) is 0 Å². The Hall–Kier alpha value is -1.91. The van der Waals surface area contributed by atoms with Gasteiger partial charge in [0.15, 0.2) is 12.4 Å². The molecule has 0 aliphatic heterocycles.